The number of para-hydroxylation sites is 1. The Morgan fingerprint density at radius 1 is 1.10 bits per heavy atom. The molecule has 6 heteroatoms. The zero-order valence-corrected chi connectivity index (χ0v) is 23.2. The van der Waals surface area contributed by atoms with E-state index in [2.05, 4.69) is 94.6 Å². The molecule has 0 aromatic heterocycles. The molecule has 3 aromatic rings. The molecule has 1 aliphatic heterocycles. The van der Waals surface area contributed by atoms with Gasteiger partial charge in [-0.3, -0.25) is 0 Å². The number of anilines is 1. The minimum absolute atomic E-state index is 0. The molecule has 31 heavy (non-hydrogen) atoms. The third kappa shape index (κ3) is 5.25. The quantitative estimate of drug-likeness (QED) is 0.148. The molecule has 0 amide bonds. The SMILES string of the molecule is CN1c2[c-]cccc2C2=Cc3cc(Br)ccc3C21.[Cl][Zr][Cl].[SH-].[c-]1cccc2c1C=CC2. The number of thiol groups is 1. The molecule has 0 bridgehead atoms. The van der Waals surface area contributed by atoms with Crippen LogP contribution < -0.4 is 4.90 Å². The Hall–Kier alpha value is -0.767. The minimum Gasteiger partial charge on any atom is -0.813 e. The van der Waals surface area contributed by atoms with E-state index in [1.54, 1.807) is 0 Å². The fraction of sp³-hybridized carbons (Fsp3) is 0.120. The molecule has 158 valence electrons. The van der Waals surface area contributed by atoms with Gasteiger partial charge in [-0.25, -0.2) is 0 Å². The number of likely N-dealkylation sites (N-methyl/N-ethyl adjacent to an activating group) is 1. The van der Waals surface area contributed by atoms with Gasteiger partial charge in [-0.1, -0.05) is 45.8 Å². The summed E-state index contributed by atoms with van der Waals surface area (Å²) >= 11 is 2.72. The zero-order valence-electron chi connectivity index (χ0n) is 16.7. The fourth-order valence-corrected chi connectivity index (χ4v) is 4.56. The van der Waals surface area contributed by atoms with Crippen molar-refractivity contribution >= 4 is 69.9 Å². The molecular formula is C25H19BrCl2NSZr-3. The van der Waals surface area contributed by atoms with E-state index in [0.29, 0.717) is 6.04 Å². The van der Waals surface area contributed by atoms with E-state index in [1.165, 1.54) is 39.1 Å². The predicted molar refractivity (Wildman–Crippen MR) is 137 cm³/mol. The molecule has 3 aliphatic rings. The molecule has 0 spiro atoms. The summed E-state index contributed by atoms with van der Waals surface area (Å²) in [4.78, 5) is 2.32. The van der Waals surface area contributed by atoms with E-state index in [0.717, 1.165) is 10.9 Å². The summed E-state index contributed by atoms with van der Waals surface area (Å²) in [6.45, 7) is 0. The molecule has 0 saturated carbocycles. The molecule has 1 unspecified atom stereocenters. The Kier molecular flexibility index (Phi) is 9.14. The first-order chi connectivity index (χ1) is 14.6. The average Bonchev–Trinajstić information content (AvgIpc) is 3.44. The maximum atomic E-state index is 4.93. The topological polar surface area (TPSA) is 3.24 Å². The number of benzene rings is 3. The van der Waals surface area contributed by atoms with E-state index in [-0.39, 0.29) is 13.5 Å². The summed E-state index contributed by atoms with van der Waals surface area (Å²) in [6.07, 6.45) is 7.68. The Balaban J connectivity index is 0.000000177. The van der Waals surface area contributed by atoms with Crippen LogP contribution in [-0.4, -0.2) is 7.05 Å². The summed E-state index contributed by atoms with van der Waals surface area (Å²) in [5.74, 6) is 0. The third-order valence-electron chi connectivity index (χ3n) is 5.44. The number of hydrogen-bond acceptors (Lipinski definition) is 2. The molecule has 0 fully saturated rings. The molecule has 0 radical (unpaired) electrons. The van der Waals surface area contributed by atoms with Gasteiger partial charge in [0.1, 0.15) is 0 Å². The first-order valence-corrected chi connectivity index (χ1v) is 16.6. The molecule has 6 rings (SSSR count). The first kappa shape index (κ1) is 24.9. The second-order valence-corrected chi connectivity index (χ2v) is 11.8. The predicted octanol–water partition coefficient (Wildman–Crippen LogP) is 7.46. The van der Waals surface area contributed by atoms with Crippen molar-refractivity contribution in [2.45, 2.75) is 12.5 Å². The maximum absolute atomic E-state index is 4.93. The number of halogens is 3. The van der Waals surface area contributed by atoms with E-state index in [9.17, 15) is 0 Å². The fourth-order valence-electron chi connectivity index (χ4n) is 4.18. The van der Waals surface area contributed by atoms with Gasteiger partial charge in [0.15, 0.2) is 0 Å². The van der Waals surface area contributed by atoms with E-state index < -0.39 is 20.8 Å². The summed E-state index contributed by atoms with van der Waals surface area (Å²) < 4.78 is 1.14. The number of nitrogens with zero attached hydrogens (tertiary/aromatic N) is 1. The Labute approximate surface area is 218 Å². The van der Waals surface area contributed by atoms with Crippen molar-refractivity contribution in [2.24, 2.45) is 0 Å². The molecule has 1 nitrogen and oxygen atoms in total. The van der Waals surface area contributed by atoms with Crippen molar-refractivity contribution in [1.82, 2.24) is 0 Å². The van der Waals surface area contributed by atoms with E-state index in [1.807, 2.05) is 18.2 Å². The number of rotatable bonds is 0. The van der Waals surface area contributed by atoms with Crippen LogP contribution in [0.1, 0.15) is 33.9 Å². The van der Waals surface area contributed by atoms with Gasteiger partial charge in [0.2, 0.25) is 0 Å². The Morgan fingerprint density at radius 3 is 2.61 bits per heavy atom. The first-order valence-electron chi connectivity index (χ1n) is 9.51. The van der Waals surface area contributed by atoms with E-state index >= 15 is 0 Å². The van der Waals surface area contributed by atoms with Crippen LogP contribution in [0.15, 0.2) is 65.1 Å². The van der Waals surface area contributed by atoms with Crippen LogP contribution in [0.5, 0.6) is 0 Å². The van der Waals surface area contributed by atoms with Crippen LogP contribution >= 0.6 is 33.0 Å². The Bertz CT molecular complexity index is 1130. The molecule has 1 atom stereocenters. The monoisotopic (exact) mass is 604 g/mol. The van der Waals surface area contributed by atoms with Crippen molar-refractivity contribution in [3.05, 3.63) is 105 Å². The molecule has 2 aliphatic carbocycles. The van der Waals surface area contributed by atoms with Crippen molar-refractivity contribution in [1.29, 1.82) is 0 Å². The normalized spacial score (nSPS) is 15.7. The van der Waals surface area contributed by atoms with Crippen LogP contribution in [0.3, 0.4) is 0 Å². The number of hydrogen-bond donors (Lipinski definition) is 0. The van der Waals surface area contributed by atoms with Crippen LogP contribution in [0.25, 0.3) is 17.7 Å². The molecule has 0 saturated heterocycles. The maximum Gasteiger partial charge on any atom is -0.0528 e. The average molecular weight is 608 g/mol. The smallest absolute Gasteiger partial charge is 0.0528 e. The zero-order chi connectivity index (χ0) is 21.1. The van der Waals surface area contributed by atoms with Crippen LogP contribution in [-0.2, 0) is 40.8 Å². The minimum atomic E-state index is -0.826. The van der Waals surface area contributed by atoms with Gasteiger partial charge in [-0.15, -0.1) is 53.1 Å². The number of allylic oxidation sites excluding steroid dienone is 1. The summed E-state index contributed by atoms with van der Waals surface area (Å²) in [5, 5.41) is 0. The van der Waals surface area contributed by atoms with Crippen molar-refractivity contribution < 1.29 is 20.8 Å². The molecule has 3 aromatic carbocycles. The third-order valence-corrected chi connectivity index (χ3v) is 5.93. The molecule has 0 N–H and O–H groups in total. The standard InChI is InChI=1S/C16H11BrN.C9H7.2ClH.H2S.Zr/c1-18-15-5-3-2-4-13(15)14-9-10-8-11(17)6-7-12(10)16(14)18;1-2-5-9-7-3-6-8(9)4-1;;;;/h2-4,6-9,16H,1H3;1-4,7H,6H2;2*1H;1H2;/q2*-1;;;;+2/p-3. The second-order valence-electron chi connectivity index (χ2n) is 7.11. The van der Waals surface area contributed by atoms with Gasteiger partial charge in [0.25, 0.3) is 0 Å². The van der Waals surface area contributed by atoms with Crippen LogP contribution in [0, 0.1) is 12.1 Å². The van der Waals surface area contributed by atoms with Gasteiger partial charge in [0, 0.05) is 11.5 Å². The van der Waals surface area contributed by atoms with E-state index in [4.69, 9.17) is 17.0 Å². The van der Waals surface area contributed by atoms with Gasteiger partial charge >= 0.3 is 37.9 Å². The summed E-state index contributed by atoms with van der Waals surface area (Å²) in [5.41, 5.74) is 9.30. The van der Waals surface area contributed by atoms with Gasteiger partial charge in [0.05, 0.1) is 6.04 Å². The Morgan fingerprint density at radius 2 is 1.84 bits per heavy atom. The van der Waals surface area contributed by atoms with Gasteiger partial charge in [-0.05, 0) is 23.3 Å². The van der Waals surface area contributed by atoms with Gasteiger partial charge in [-0.2, -0.15) is 24.3 Å². The van der Waals surface area contributed by atoms with Crippen molar-refractivity contribution in [3.63, 3.8) is 0 Å². The van der Waals surface area contributed by atoms with Crippen molar-refractivity contribution in [2.75, 3.05) is 11.9 Å². The molecule has 1 heterocycles. The van der Waals surface area contributed by atoms with Crippen LogP contribution in [0.2, 0.25) is 0 Å². The largest absolute Gasteiger partial charge is 0.813 e. The van der Waals surface area contributed by atoms with Crippen LogP contribution in [0.4, 0.5) is 5.69 Å². The van der Waals surface area contributed by atoms with Crippen molar-refractivity contribution in [3.8, 4) is 0 Å². The second kappa shape index (κ2) is 11.4. The van der Waals surface area contributed by atoms with Gasteiger partial charge < -0.3 is 18.4 Å². The number of fused-ring (bicyclic) bond motifs is 6. The molecular weight excluding hydrogens is 588 g/mol. The summed E-state index contributed by atoms with van der Waals surface area (Å²) in [7, 11) is 12.0. The summed E-state index contributed by atoms with van der Waals surface area (Å²) in [6, 6.07) is 25.8.